The summed E-state index contributed by atoms with van der Waals surface area (Å²) in [6, 6.07) is 3.51. The zero-order valence-corrected chi connectivity index (χ0v) is 10.2. The van der Waals surface area contributed by atoms with Crippen LogP contribution < -0.4 is 5.32 Å². The van der Waals surface area contributed by atoms with Gasteiger partial charge in [0, 0.05) is 23.8 Å². The van der Waals surface area contributed by atoms with E-state index in [2.05, 4.69) is 26.2 Å². The molecule has 0 aliphatic heterocycles. The number of halogens is 1. The summed E-state index contributed by atoms with van der Waals surface area (Å²) in [6.45, 7) is 2.36. The van der Waals surface area contributed by atoms with Gasteiger partial charge in [-0.3, -0.25) is 4.79 Å². The SMILES string of the molecule is COCC(C)NC(=O)c1ncccc1Br. The second kappa shape index (κ2) is 5.82. The number of methoxy groups -OCH3 is 1. The molecule has 1 amide bonds. The van der Waals surface area contributed by atoms with Crippen LogP contribution >= 0.6 is 15.9 Å². The number of amides is 1. The van der Waals surface area contributed by atoms with Gasteiger partial charge in [-0.05, 0) is 35.0 Å². The van der Waals surface area contributed by atoms with Crippen LogP contribution in [0.1, 0.15) is 17.4 Å². The molecule has 1 N–H and O–H groups in total. The van der Waals surface area contributed by atoms with Gasteiger partial charge in [-0.15, -0.1) is 0 Å². The van der Waals surface area contributed by atoms with Crippen molar-refractivity contribution in [1.82, 2.24) is 10.3 Å². The minimum atomic E-state index is -0.202. The Morgan fingerprint density at radius 3 is 3.07 bits per heavy atom. The Morgan fingerprint density at radius 1 is 1.73 bits per heavy atom. The fraction of sp³-hybridized carbons (Fsp3) is 0.400. The molecule has 0 fully saturated rings. The summed E-state index contributed by atoms with van der Waals surface area (Å²) in [5.74, 6) is -0.202. The van der Waals surface area contributed by atoms with Crippen LogP contribution in [0.15, 0.2) is 22.8 Å². The van der Waals surface area contributed by atoms with Gasteiger partial charge in [0.25, 0.3) is 5.91 Å². The third-order valence-corrected chi connectivity index (χ3v) is 2.41. The second-order valence-electron chi connectivity index (χ2n) is 3.16. The molecular formula is C10H13BrN2O2. The van der Waals surface area contributed by atoms with Gasteiger partial charge in [-0.2, -0.15) is 0 Å². The Bertz CT molecular complexity index is 344. The quantitative estimate of drug-likeness (QED) is 0.906. The first-order valence-electron chi connectivity index (χ1n) is 4.55. The molecule has 0 bridgehead atoms. The molecule has 0 saturated carbocycles. The van der Waals surface area contributed by atoms with Crippen LogP contribution in [-0.2, 0) is 4.74 Å². The van der Waals surface area contributed by atoms with E-state index in [0.717, 1.165) is 0 Å². The number of aromatic nitrogens is 1. The highest BCUT2D eigenvalue weighted by molar-refractivity contribution is 9.10. The van der Waals surface area contributed by atoms with Gasteiger partial charge in [-0.1, -0.05) is 0 Å². The number of carbonyl (C=O) groups is 1. The highest BCUT2D eigenvalue weighted by Gasteiger charge is 2.13. The van der Waals surface area contributed by atoms with Crippen LogP contribution in [0.25, 0.3) is 0 Å². The number of nitrogens with zero attached hydrogens (tertiary/aromatic N) is 1. The van der Waals surface area contributed by atoms with E-state index in [1.54, 1.807) is 25.4 Å². The van der Waals surface area contributed by atoms with Crippen molar-refractivity contribution >= 4 is 21.8 Å². The van der Waals surface area contributed by atoms with Crippen molar-refractivity contribution in [2.75, 3.05) is 13.7 Å². The zero-order chi connectivity index (χ0) is 11.3. The highest BCUT2D eigenvalue weighted by atomic mass is 79.9. The summed E-state index contributed by atoms with van der Waals surface area (Å²) in [5, 5.41) is 2.78. The first-order chi connectivity index (χ1) is 7.15. The molecule has 82 valence electrons. The van der Waals surface area contributed by atoms with Crippen LogP contribution in [0.5, 0.6) is 0 Å². The van der Waals surface area contributed by atoms with Crippen LogP contribution in [0.4, 0.5) is 0 Å². The molecule has 5 heteroatoms. The lowest BCUT2D eigenvalue weighted by Gasteiger charge is -2.12. The second-order valence-corrected chi connectivity index (χ2v) is 4.02. The number of hydrogen-bond donors (Lipinski definition) is 1. The fourth-order valence-electron chi connectivity index (χ4n) is 1.14. The van der Waals surface area contributed by atoms with E-state index in [0.29, 0.717) is 16.8 Å². The van der Waals surface area contributed by atoms with Gasteiger partial charge in [0.2, 0.25) is 0 Å². The summed E-state index contributed by atoms with van der Waals surface area (Å²) < 4.78 is 5.61. The first kappa shape index (κ1) is 12.1. The number of carbonyl (C=O) groups excluding carboxylic acids is 1. The standard InChI is InChI=1S/C10H13BrN2O2/c1-7(6-15-2)13-10(14)9-8(11)4-3-5-12-9/h3-5,7H,6H2,1-2H3,(H,13,14). The Balaban J connectivity index is 2.65. The van der Waals surface area contributed by atoms with Gasteiger partial charge in [0.15, 0.2) is 0 Å². The number of rotatable bonds is 4. The summed E-state index contributed by atoms with van der Waals surface area (Å²) in [7, 11) is 1.60. The van der Waals surface area contributed by atoms with Crippen molar-refractivity contribution in [3.05, 3.63) is 28.5 Å². The molecular weight excluding hydrogens is 260 g/mol. The lowest BCUT2D eigenvalue weighted by atomic mass is 10.3. The average Bonchev–Trinajstić information content (AvgIpc) is 2.18. The summed E-state index contributed by atoms with van der Waals surface area (Å²) in [6.07, 6.45) is 1.58. The van der Waals surface area contributed by atoms with Crippen molar-refractivity contribution in [2.45, 2.75) is 13.0 Å². The van der Waals surface area contributed by atoms with E-state index in [-0.39, 0.29) is 11.9 Å². The predicted octanol–water partition coefficient (Wildman–Crippen LogP) is 1.61. The first-order valence-corrected chi connectivity index (χ1v) is 5.34. The van der Waals surface area contributed by atoms with Crippen LogP contribution in [0.3, 0.4) is 0 Å². The molecule has 15 heavy (non-hydrogen) atoms. The largest absolute Gasteiger partial charge is 0.383 e. The molecule has 1 unspecified atom stereocenters. The molecule has 0 aromatic carbocycles. The van der Waals surface area contributed by atoms with E-state index in [1.807, 2.05) is 6.92 Å². The lowest BCUT2D eigenvalue weighted by Crippen LogP contribution is -2.36. The normalized spacial score (nSPS) is 12.2. The number of hydrogen-bond acceptors (Lipinski definition) is 3. The maximum atomic E-state index is 11.7. The molecule has 0 aliphatic rings. The van der Waals surface area contributed by atoms with Gasteiger partial charge in [-0.25, -0.2) is 4.98 Å². The predicted molar refractivity (Wildman–Crippen MR) is 60.7 cm³/mol. The Labute approximate surface area is 97.2 Å². The summed E-state index contributed by atoms with van der Waals surface area (Å²) in [4.78, 5) is 15.7. The van der Waals surface area contributed by atoms with Gasteiger partial charge >= 0.3 is 0 Å². The molecule has 1 aromatic rings. The molecule has 0 saturated heterocycles. The lowest BCUT2D eigenvalue weighted by molar-refractivity contribution is 0.0900. The maximum Gasteiger partial charge on any atom is 0.271 e. The average molecular weight is 273 g/mol. The van der Waals surface area contributed by atoms with Crippen molar-refractivity contribution < 1.29 is 9.53 Å². The smallest absolute Gasteiger partial charge is 0.271 e. The number of nitrogens with one attached hydrogen (secondary N) is 1. The van der Waals surface area contributed by atoms with E-state index in [9.17, 15) is 4.79 Å². The van der Waals surface area contributed by atoms with Crippen LogP contribution in [-0.4, -0.2) is 30.6 Å². The number of ether oxygens (including phenoxy) is 1. The highest BCUT2D eigenvalue weighted by Crippen LogP contribution is 2.12. The van der Waals surface area contributed by atoms with E-state index in [1.165, 1.54) is 0 Å². The van der Waals surface area contributed by atoms with Crippen molar-refractivity contribution in [1.29, 1.82) is 0 Å². The third-order valence-electron chi connectivity index (χ3n) is 1.77. The molecule has 1 aromatic heterocycles. The third kappa shape index (κ3) is 3.60. The number of pyridine rings is 1. The minimum Gasteiger partial charge on any atom is -0.383 e. The van der Waals surface area contributed by atoms with Gasteiger partial charge in [0.1, 0.15) is 5.69 Å². The zero-order valence-electron chi connectivity index (χ0n) is 8.66. The molecule has 0 spiro atoms. The van der Waals surface area contributed by atoms with Crippen LogP contribution in [0, 0.1) is 0 Å². The Morgan fingerprint density at radius 2 is 2.47 bits per heavy atom. The molecule has 1 rings (SSSR count). The van der Waals surface area contributed by atoms with E-state index >= 15 is 0 Å². The summed E-state index contributed by atoms with van der Waals surface area (Å²) >= 11 is 3.27. The molecule has 0 radical (unpaired) electrons. The van der Waals surface area contributed by atoms with E-state index in [4.69, 9.17) is 4.74 Å². The Kier molecular flexibility index (Phi) is 4.71. The molecule has 1 heterocycles. The van der Waals surface area contributed by atoms with E-state index < -0.39 is 0 Å². The Hall–Kier alpha value is -0.940. The van der Waals surface area contributed by atoms with Gasteiger partial charge < -0.3 is 10.1 Å². The van der Waals surface area contributed by atoms with Crippen molar-refractivity contribution in [3.8, 4) is 0 Å². The topological polar surface area (TPSA) is 51.2 Å². The monoisotopic (exact) mass is 272 g/mol. The van der Waals surface area contributed by atoms with Crippen molar-refractivity contribution in [3.63, 3.8) is 0 Å². The molecule has 4 nitrogen and oxygen atoms in total. The van der Waals surface area contributed by atoms with Gasteiger partial charge in [0.05, 0.1) is 6.61 Å². The minimum absolute atomic E-state index is 0.0311. The fourth-order valence-corrected chi connectivity index (χ4v) is 1.57. The van der Waals surface area contributed by atoms with Crippen molar-refractivity contribution in [2.24, 2.45) is 0 Å². The van der Waals surface area contributed by atoms with Crippen LogP contribution in [0.2, 0.25) is 0 Å². The summed E-state index contributed by atoms with van der Waals surface area (Å²) in [5.41, 5.74) is 0.389. The maximum absolute atomic E-state index is 11.7. The molecule has 1 atom stereocenters. The molecule has 0 aliphatic carbocycles.